The SMILES string of the molecule is CC/C=C\C/C=C\C/C=C\C/C=C\C/C=C\C/C=C\C/C=C\C/C=C\CCCCCCCCC(=O)OCC(COC(=O)CCCCCCC/C=C\C/C=C\C/C=C\CC)OC(=O)CC/C=C\C/C=C\C/C=C\C/C=C\C/C=C\C/C=C\CC. The molecule has 0 aliphatic carbocycles. The summed E-state index contributed by atoms with van der Waals surface area (Å²) >= 11 is 0. The fraction of sp³-hybridized carbons (Fsp3) is 0.519. The van der Waals surface area contributed by atoms with Gasteiger partial charge < -0.3 is 14.2 Å². The Bertz CT molecular complexity index is 2030. The zero-order valence-electron chi connectivity index (χ0n) is 52.6. The fourth-order valence-corrected chi connectivity index (χ4v) is 8.03. The number of rotatable bonds is 56. The highest BCUT2D eigenvalue weighted by Gasteiger charge is 2.19. The lowest BCUT2D eigenvalue weighted by Gasteiger charge is -2.18. The van der Waals surface area contributed by atoms with Gasteiger partial charge in [0, 0.05) is 19.3 Å². The molecule has 0 rings (SSSR count). The van der Waals surface area contributed by atoms with Gasteiger partial charge in [-0.3, -0.25) is 14.4 Å². The summed E-state index contributed by atoms with van der Waals surface area (Å²) in [6, 6.07) is 0. The van der Waals surface area contributed by atoms with Crippen LogP contribution in [0.4, 0.5) is 0 Å². The molecule has 460 valence electrons. The molecule has 83 heavy (non-hydrogen) atoms. The van der Waals surface area contributed by atoms with Gasteiger partial charge in [-0.25, -0.2) is 0 Å². The van der Waals surface area contributed by atoms with E-state index < -0.39 is 12.1 Å². The van der Waals surface area contributed by atoms with Crippen LogP contribution < -0.4 is 0 Å². The van der Waals surface area contributed by atoms with Gasteiger partial charge in [-0.1, -0.05) is 272 Å². The molecule has 0 aromatic heterocycles. The van der Waals surface area contributed by atoms with Gasteiger partial charge in [-0.05, 0) is 154 Å². The first-order chi connectivity index (χ1) is 41.0. The van der Waals surface area contributed by atoms with Gasteiger partial charge in [0.1, 0.15) is 13.2 Å². The summed E-state index contributed by atoms with van der Waals surface area (Å²) < 4.78 is 16.8. The van der Waals surface area contributed by atoms with E-state index in [1.807, 2.05) is 12.2 Å². The summed E-state index contributed by atoms with van der Waals surface area (Å²) in [5.41, 5.74) is 0. The highest BCUT2D eigenvalue weighted by atomic mass is 16.6. The standard InChI is InChI=1S/C77H116O6/c1-4-7-10-13-16-19-22-25-28-30-32-33-34-35-36-37-38-39-40-41-42-43-45-46-49-52-55-58-61-64-67-70-76(79)82-73-74(72-81-75(78)69-66-63-60-57-54-51-48-27-24-21-18-15-12-9-6-3)83-77(80)71-68-65-62-59-56-53-50-47-44-31-29-26-23-20-17-14-11-8-5-2/h7-12,16-21,25-29,32-33,35-36,38-39,41-42,44-48,53,56,62,65,74H,4-6,13-15,22-24,30-31,34,37,40,43,49-52,54-55,57-61,63-64,66-73H2,1-3H3/b10-7-,11-8-,12-9-,19-16-,20-17-,21-18-,28-25-,29-26-,33-32-,36-35-,39-38-,42-41-,46-45-,47-44-,48-27-,56-53-,65-62-. The Balaban J connectivity index is 4.50. The van der Waals surface area contributed by atoms with E-state index >= 15 is 0 Å². The first kappa shape index (κ1) is 77.0. The normalized spacial score (nSPS) is 13.5. The summed E-state index contributed by atoms with van der Waals surface area (Å²) in [5, 5.41) is 0. The van der Waals surface area contributed by atoms with Gasteiger partial charge >= 0.3 is 17.9 Å². The molecule has 0 heterocycles. The van der Waals surface area contributed by atoms with E-state index in [4.69, 9.17) is 14.2 Å². The minimum atomic E-state index is -0.847. The van der Waals surface area contributed by atoms with Crippen molar-refractivity contribution in [3.05, 3.63) is 207 Å². The average molecular weight is 1140 g/mol. The third-order valence-electron chi connectivity index (χ3n) is 12.8. The molecule has 0 bridgehead atoms. The second-order valence-electron chi connectivity index (χ2n) is 20.5. The van der Waals surface area contributed by atoms with E-state index in [0.29, 0.717) is 19.3 Å². The van der Waals surface area contributed by atoms with Crippen molar-refractivity contribution in [2.24, 2.45) is 0 Å². The molecule has 0 aromatic rings. The van der Waals surface area contributed by atoms with Crippen molar-refractivity contribution in [2.75, 3.05) is 13.2 Å². The molecular weight excluding hydrogens is 1020 g/mol. The average Bonchev–Trinajstić information content (AvgIpc) is 3.49. The van der Waals surface area contributed by atoms with E-state index in [1.54, 1.807) is 0 Å². The number of carbonyl (C=O) groups excluding carboxylic acids is 3. The van der Waals surface area contributed by atoms with Gasteiger partial charge in [0.25, 0.3) is 0 Å². The van der Waals surface area contributed by atoms with E-state index in [9.17, 15) is 14.4 Å². The predicted octanol–water partition coefficient (Wildman–Crippen LogP) is 22.8. The minimum Gasteiger partial charge on any atom is -0.462 e. The molecule has 1 atom stereocenters. The highest BCUT2D eigenvalue weighted by molar-refractivity contribution is 5.71. The van der Waals surface area contributed by atoms with Crippen LogP contribution in [0.25, 0.3) is 0 Å². The summed E-state index contributed by atoms with van der Waals surface area (Å²) in [7, 11) is 0. The van der Waals surface area contributed by atoms with Gasteiger partial charge in [0.15, 0.2) is 6.10 Å². The number of hydrogen-bond acceptors (Lipinski definition) is 6. The molecule has 6 nitrogen and oxygen atoms in total. The van der Waals surface area contributed by atoms with Crippen LogP contribution in [0.1, 0.15) is 239 Å². The van der Waals surface area contributed by atoms with Crippen LogP contribution in [0.3, 0.4) is 0 Å². The summed E-state index contributed by atoms with van der Waals surface area (Å²) in [6.07, 6.45) is 106. The Morgan fingerprint density at radius 3 is 0.723 bits per heavy atom. The predicted molar refractivity (Wildman–Crippen MR) is 361 cm³/mol. The molecule has 0 amide bonds. The van der Waals surface area contributed by atoms with E-state index in [1.165, 1.54) is 12.8 Å². The van der Waals surface area contributed by atoms with Crippen molar-refractivity contribution in [3.63, 3.8) is 0 Å². The van der Waals surface area contributed by atoms with E-state index in [2.05, 4.69) is 215 Å². The quantitative estimate of drug-likeness (QED) is 0.0261. The van der Waals surface area contributed by atoms with E-state index in [-0.39, 0.29) is 31.6 Å². The third kappa shape index (κ3) is 66.7. The van der Waals surface area contributed by atoms with Crippen LogP contribution in [0.5, 0.6) is 0 Å². The fourth-order valence-electron chi connectivity index (χ4n) is 8.03. The van der Waals surface area contributed by atoms with Crippen molar-refractivity contribution in [2.45, 2.75) is 245 Å². The lowest BCUT2D eigenvalue weighted by molar-refractivity contribution is -0.166. The number of allylic oxidation sites excluding steroid dienone is 34. The monoisotopic (exact) mass is 1140 g/mol. The first-order valence-corrected chi connectivity index (χ1v) is 32.6. The maximum absolute atomic E-state index is 12.9. The van der Waals surface area contributed by atoms with Crippen LogP contribution >= 0.6 is 0 Å². The molecule has 0 aromatic carbocycles. The van der Waals surface area contributed by atoms with Crippen molar-refractivity contribution in [1.29, 1.82) is 0 Å². The van der Waals surface area contributed by atoms with Crippen molar-refractivity contribution in [1.82, 2.24) is 0 Å². The zero-order valence-corrected chi connectivity index (χ0v) is 52.6. The van der Waals surface area contributed by atoms with Crippen LogP contribution in [-0.4, -0.2) is 37.2 Å². The van der Waals surface area contributed by atoms with Gasteiger partial charge in [-0.15, -0.1) is 0 Å². The van der Waals surface area contributed by atoms with Crippen molar-refractivity contribution < 1.29 is 28.6 Å². The number of carbonyl (C=O) groups is 3. The molecule has 0 aliphatic heterocycles. The summed E-state index contributed by atoms with van der Waals surface area (Å²) in [6.45, 7) is 6.19. The smallest absolute Gasteiger partial charge is 0.306 e. The molecule has 0 radical (unpaired) electrons. The summed E-state index contributed by atoms with van der Waals surface area (Å²) in [5.74, 6) is -1.06. The van der Waals surface area contributed by atoms with Crippen molar-refractivity contribution in [3.8, 4) is 0 Å². The molecule has 0 saturated heterocycles. The Hall–Kier alpha value is -6.01. The number of esters is 3. The Labute approximate surface area is 509 Å². The lowest BCUT2D eigenvalue weighted by atomic mass is 10.1. The topological polar surface area (TPSA) is 78.9 Å². The van der Waals surface area contributed by atoms with E-state index in [0.717, 1.165) is 180 Å². The first-order valence-electron chi connectivity index (χ1n) is 32.6. The molecule has 1 unspecified atom stereocenters. The molecule has 0 spiro atoms. The zero-order chi connectivity index (χ0) is 59.9. The minimum absolute atomic E-state index is 0.133. The van der Waals surface area contributed by atoms with Crippen LogP contribution in [0.2, 0.25) is 0 Å². The molecule has 6 heteroatoms. The molecule has 0 aliphatic rings. The van der Waals surface area contributed by atoms with Crippen LogP contribution in [0.15, 0.2) is 207 Å². The molecule has 0 N–H and O–H groups in total. The number of ether oxygens (including phenoxy) is 3. The highest BCUT2D eigenvalue weighted by Crippen LogP contribution is 2.13. The van der Waals surface area contributed by atoms with Gasteiger partial charge in [0.2, 0.25) is 0 Å². The Kier molecular flexibility index (Phi) is 63.5. The summed E-state index contributed by atoms with van der Waals surface area (Å²) in [4.78, 5) is 38.3. The van der Waals surface area contributed by atoms with Crippen LogP contribution in [0, 0.1) is 0 Å². The molecule has 0 fully saturated rings. The van der Waals surface area contributed by atoms with Crippen molar-refractivity contribution >= 4 is 17.9 Å². The Morgan fingerprint density at radius 2 is 0.458 bits per heavy atom. The van der Waals surface area contributed by atoms with Gasteiger partial charge in [-0.2, -0.15) is 0 Å². The number of unbranched alkanes of at least 4 members (excludes halogenated alkanes) is 11. The molecular formula is C77H116O6. The van der Waals surface area contributed by atoms with Crippen LogP contribution in [-0.2, 0) is 28.6 Å². The largest absolute Gasteiger partial charge is 0.462 e. The number of hydrogen-bond donors (Lipinski definition) is 0. The second kappa shape index (κ2) is 68.5. The maximum Gasteiger partial charge on any atom is 0.306 e. The molecule has 0 saturated carbocycles. The third-order valence-corrected chi connectivity index (χ3v) is 12.8. The maximum atomic E-state index is 12.9. The lowest BCUT2D eigenvalue weighted by Crippen LogP contribution is -2.30. The Morgan fingerprint density at radius 1 is 0.241 bits per heavy atom. The second-order valence-corrected chi connectivity index (χ2v) is 20.5. The van der Waals surface area contributed by atoms with Gasteiger partial charge in [0.05, 0.1) is 0 Å².